The fourth-order valence-corrected chi connectivity index (χ4v) is 1.96. The van der Waals surface area contributed by atoms with Gasteiger partial charge in [0.05, 0.1) is 6.54 Å². The lowest BCUT2D eigenvalue weighted by molar-refractivity contribution is 0.462. The van der Waals surface area contributed by atoms with Crippen LogP contribution in [0.5, 0.6) is 0 Å². The topological polar surface area (TPSA) is 25.2 Å². The van der Waals surface area contributed by atoms with E-state index in [1.165, 1.54) is 0 Å². The van der Waals surface area contributed by atoms with Gasteiger partial charge in [-0.1, -0.05) is 23.7 Å². The smallest absolute Gasteiger partial charge is 0.193 e. The summed E-state index contributed by atoms with van der Waals surface area (Å²) in [5.41, 5.74) is 1.15. The van der Waals surface area contributed by atoms with Crippen LogP contribution in [0.3, 0.4) is 0 Å². The fourth-order valence-electron chi connectivity index (χ4n) is 1.59. The van der Waals surface area contributed by atoms with Crippen molar-refractivity contribution in [3.05, 3.63) is 58.0 Å². The SMILES string of the molecule is C[C@H](NCc1ccc(Cl)o1)c1cccc(Cl)c1. The summed E-state index contributed by atoms with van der Waals surface area (Å²) in [6.45, 7) is 2.72. The van der Waals surface area contributed by atoms with E-state index in [1.807, 2.05) is 30.3 Å². The third kappa shape index (κ3) is 3.50. The van der Waals surface area contributed by atoms with Crippen molar-refractivity contribution in [3.8, 4) is 0 Å². The largest absolute Gasteiger partial charge is 0.448 e. The van der Waals surface area contributed by atoms with Crippen molar-refractivity contribution < 1.29 is 4.42 Å². The lowest BCUT2D eigenvalue weighted by Crippen LogP contribution is -2.17. The van der Waals surface area contributed by atoms with Gasteiger partial charge in [-0.15, -0.1) is 0 Å². The van der Waals surface area contributed by atoms with Gasteiger partial charge >= 0.3 is 0 Å². The number of rotatable bonds is 4. The molecule has 0 aliphatic carbocycles. The summed E-state index contributed by atoms with van der Waals surface area (Å²) in [4.78, 5) is 0. The summed E-state index contributed by atoms with van der Waals surface area (Å²) in [5, 5.41) is 4.51. The van der Waals surface area contributed by atoms with Crippen molar-refractivity contribution in [2.24, 2.45) is 0 Å². The van der Waals surface area contributed by atoms with Gasteiger partial charge in [0.25, 0.3) is 0 Å². The van der Waals surface area contributed by atoms with Crippen molar-refractivity contribution >= 4 is 23.2 Å². The molecule has 1 N–H and O–H groups in total. The minimum atomic E-state index is 0.206. The van der Waals surface area contributed by atoms with E-state index < -0.39 is 0 Å². The minimum Gasteiger partial charge on any atom is -0.448 e. The van der Waals surface area contributed by atoms with E-state index in [0.717, 1.165) is 16.3 Å². The summed E-state index contributed by atoms with van der Waals surface area (Å²) >= 11 is 11.6. The molecule has 0 bridgehead atoms. The molecule has 0 saturated heterocycles. The first-order chi connectivity index (χ1) is 8.15. The van der Waals surface area contributed by atoms with Crippen LogP contribution in [-0.2, 0) is 6.54 Å². The minimum absolute atomic E-state index is 0.206. The second-order valence-electron chi connectivity index (χ2n) is 3.86. The van der Waals surface area contributed by atoms with Crippen LogP contribution >= 0.6 is 23.2 Å². The zero-order valence-electron chi connectivity index (χ0n) is 9.41. The molecule has 1 heterocycles. The standard InChI is InChI=1S/C13H13Cl2NO/c1-9(10-3-2-4-11(14)7-10)16-8-12-5-6-13(15)17-12/h2-7,9,16H,8H2,1H3/t9-/m0/s1. The van der Waals surface area contributed by atoms with Crippen LogP contribution < -0.4 is 5.32 Å². The molecule has 0 radical (unpaired) electrons. The number of hydrogen-bond acceptors (Lipinski definition) is 2. The Hall–Kier alpha value is -0.960. The molecule has 2 aromatic rings. The molecule has 90 valence electrons. The molecule has 2 nitrogen and oxygen atoms in total. The monoisotopic (exact) mass is 269 g/mol. The molecule has 0 spiro atoms. The van der Waals surface area contributed by atoms with Crippen LogP contribution in [0.2, 0.25) is 10.2 Å². The quantitative estimate of drug-likeness (QED) is 0.888. The molecular weight excluding hydrogens is 257 g/mol. The van der Waals surface area contributed by atoms with Gasteiger partial charge in [-0.2, -0.15) is 0 Å². The van der Waals surface area contributed by atoms with Crippen molar-refractivity contribution in [1.29, 1.82) is 0 Å². The Morgan fingerprint density at radius 2 is 2.06 bits per heavy atom. The normalized spacial score (nSPS) is 12.6. The Morgan fingerprint density at radius 1 is 1.24 bits per heavy atom. The second kappa shape index (κ2) is 5.58. The van der Waals surface area contributed by atoms with Gasteiger partial charge in [0, 0.05) is 11.1 Å². The van der Waals surface area contributed by atoms with E-state index in [2.05, 4.69) is 12.2 Å². The second-order valence-corrected chi connectivity index (χ2v) is 4.67. The number of hydrogen-bond donors (Lipinski definition) is 1. The van der Waals surface area contributed by atoms with E-state index in [1.54, 1.807) is 6.07 Å². The number of nitrogens with one attached hydrogen (secondary N) is 1. The Morgan fingerprint density at radius 3 is 2.71 bits per heavy atom. The molecular formula is C13H13Cl2NO. The molecule has 2 rings (SSSR count). The molecule has 0 aliphatic heterocycles. The molecule has 0 saturated carbocycles. The average Bonchev–Trinajstić information content (AvgIpc) is 2.72. The van der Waals surface area contributed by atoms with Crippen LogP contribution in [0.25, 0.3) is 0 Å². The number of halogens is 2. The van der Waals surface area contributed by atoms with Gasteiger partial charge in [-0.3, -0.25) is 0 Å². The Labute approximate surface area is 111 Å². The Balaban J connectivity index is 1.95. The third-order valence-corrected chi connectivity index (χ3v) is 3.00. The van der Waals surface area contributed by atoms with Crippen LogP contribution in [-0.4, -0.2) is 0 Å². The van der Waals surface area contributed by atoms with Crippen LogP contribution in [0, 0.1) is 0 Å². The zero-order valence-corrected chi connectivity index (χ0v) is 10.9. The van der Waals surface area contributed by atoms with Crippen molar-refractivity contribution in [3.63, 3.8) is 0 Å². The molecule has 1 atom stereocenters. The molecule has 17 heavy (non-hydrogen) atoms. The lowest BCUT2D eigenvalue weighted by atomic mass is 10.1. The van der Waals surface area contributed by atoms with E-state index in [0.29, 0.717) is 11.8 Å². The fraction of sp³-hybridized carbons (Fsp3) is 0.231. The van der Waals surface area contributed by atoms with E-state index in [4.69, 9.17) is 27.6 Å². The van der Waals surface area contributed by atoms with E-state index in [9.17, 15) is 0 Å². The molecule has 4 heteroatoms. The van der Waals surface area contributed by atoms with Gasteiger partial charge in [0.2, 0.25) is 0 Å². The molecule has 0 unspecified atom stereocenters. The maximum atomic E-state index is 5.95. The van der Waals surface area contributed by atoms with Crippen molar-refractivity contribution in [1.82, 2.24) is 5.32 Å². The highest BCUT2D eigenvalue weighted by Crippen LogP contribution is 2.18. The van der Waals surface area contributed by atoms with Crippen LogP contribution in [0.4, 0.5) is 0 Å². The van der Waals surface area contributed by atoms with Crippen molar-refractivity contribution in [2.45, 2.75) is 19.5 Å². The van der Waals surface area contributed by atoms with Gasteiger partial charge in [0.15, 0.2) is 5.22 Å². The molecule has 1 aromatic heterocycles. The summed E-state index contributed by atoms with van der Waals surface area (Å²) < 4.78 is 5.27. The summed E-state index contributed by atoms with van der Waals surface area (Å²) in [6.07, 6.45) is 0. The predicted molar refractivity (Wildman–Crippen MR) is 70.4 cm³/mol. The predicted octanol–water partition coefficient (Wildman–Crippen LogP) is 4.44. The number of benzene rings is 1. The van der Waals surface area contributed by atoms with Gasteiger partial charge in [0.1, 0.15) is 5.76 Å². The van der Waals surface area contributed by atoms with E-state index in [-0.39, 0.29) is 6.04 Å². The summed E-state index contributed by atoms with van der Waals surface area (Å²) in [7, 11) is 0. The van der Waals surface area contributed by atoms with Gasteiger partial charge in [-0.05, 0) is 48.4 Å². The molecule has 0 fully saturated rings. The zero-order chi connectivity index (χ0) is 12.3. The van der Waals surface area contributed by atoms with E-state index >= 15 is 0 Å². The Bertz CT molecular complexity index is 496. The average molecular weight is 270 g/mol. The first-order valence-corrected chi connectivity index (χ1v) is 6.14. The highest BCUT2D eigenvalue weighted by atomic mass is 35.5. The molecule has 0 aliphatic rings. The van der Waals surface area contributed by atoms with Gasteiger partial charge in [-0.25, -0.2) is 0 Å². The maximum absolute atomic E-state index is 5.95. The maximum Gasteiger partial charge on any atom is 0.193 e. The first kappa shape index (κ1) is 12.5. The van der Waals surface area contributed by atoms with Crippen molar-refractivity contribution in [2.75, 3.05) is 0 Å². The van der Waals surface area contributed by atoms with Gasteiger partial charge < -0.3 is 9.73 Å². The highest BCUT2D eigenvalue weighted by molar-refractivity contribution is 6.30. The van der Waals surface area contributed by atoms with Crippen LogP contribution in [0.15, 0.2) is 40.8 Å². The highest BCUT2D eigenvalue weighted by Gasteiger charge is 2.06. The lowest BCUT2D eigenvalue weighted by Gasteiger charge is -2.13. The molecule has 1 aromatic carbocycles. The number of furan rings is 1. The van der Waals surface area contributed by atoms with Crippen LogP contribution in [0.1, 0.15) is 24.3 Å². The third-order valence-electron chi connectivity index (χ3n) is 2.56. The summed E-state index contributed by atoms with van der Waals surface area (Å²) in [6, 6.07) is 11.6. The molecule has 0 amide bonds. The summed E-state index contributed by atoms with van der Waals surface area (Å²) in [5.74, 6) is 0.823. The Kier molecular flexibility index (Phi) is 4.11. The first-order valence-electron chi connectivity index (χ1n) is 5.38.